The van der Waals surface area contributed by atoms with E-state index in [2.05, 4.69) is 10.6 Å². The minimum absolute atomic E-state index is 0.494. The molecule has 0 heterocycles. The molecule has 4 aromatic carbocycles. The average molecular weight is 426 g/mol. The van der Waals surface area contributed by atoms with Crippen LogP contribution in [0.5, 0.6) is 0 Å². The van der Waals surface area contributed by atoms with Crippen LogP contribution in [0.1, 0.15) is 23.3 Å². The van der Waals surface area contributed by atoms with E-state index >= 15 is 0 Å². The van der Waals surface area contributed by atoms with Crippen molar-refractivity contribution in [3.05, 3.63) is 108 Å². The molecule has 0 bridgehead atoms. The first-order valence-corrected chi connectivity index (χ1v) is 10.1. The van der Waals surface area contributed by atoms with E-state index in [1.165, 1.54) is 0 Å². The highest BCUT2D eigenvalue weighted by molar-refractivity contribution is 6.10. The number of carbonyl (C=O) groups excluding carboxylic acids is 2. The Labute approximate surface area is 185 Å². The third-order valence-electron chi connectivity index (χ3n) is 5.17. The summed E-state index contributed by atoms with van der Waals surface area (Å²) in [6, 6.07) is 27.9. The smallest absolute Gasteiger partial charge is 0.257 e. The number of benzene rings is 4. The Morgan fingerprint density at radius 1 is 0.531 bits per heavy atom. The lowest BCUT2D eigenvalue weighted by molar-refractivity contribution is -0.124. The van der Waals surface area contributed by atoms with Crippen LogP contribution < -0.4 is 10.6 Å². The van der Waals surface area contributed by atoms with Gasteiger partial charge < -0.3 is 20.8 Å². The van der Waals surface area contributed by atoms with Crippen LogP contribution in [0.3, 0.4) is 0 Å². The summed E-state index contributed by atoms with van der Waals surface area (Å²) < 4.78 is 0. The summed E-state index contributed by atoms with van der Waals surface area (Å²) in [6.07, 6.45) is -2.62. The lowest BCUT2D eigenvalue weighted by Crippen LogP contribution is -2.21. The molecule has 6 nitrogen and oxygen atoms in total. The lowest BCUT2D eigenvalue weighted by Gasteiger charge is -2.16. The molecule has 0 spiro atoms. The molecule has 2 amide bonds. The van der Waals surface area contributed by atoms with Gasteiger partial charge in [0.05, 0.1) is 0 Å². The third-order valence-corrected chi connectivity index (χ3v) is 5.17. The van der Waals surface area contributed by atoms with Crippen LogP contribution in [-0.4, -0.2) is 22.0 Å². The highest BCUT2D eigenvalue weighted by Crippen LogP contribution is 2.30. The largest absolute Gasteiger partial charge is 0.378 e. The van der Waals surface area contributed by atoms with Gasteiger partial charge in [-0.2, -0.15) is 0 Å². The number of amides is 2. The van der Waals surface area contributed by atoms with E-state index in [9.17, 15) is 19.8 Å². The van der Waals surface area contributed by atoms with Crippen LogP contribution in [0.2, 0.25) is 0 Å². The maximum atomic E-state index is 12.6. The molecule has 0 radical (unpaired) electrons. The van der Waals surface area contributed by atoms with E-state index in [1.54, 1.807) is 72.8 Å². The van der Waals surface area contributed by atoms with Gasteiger partial charge in [0, 0.05) is 22.1 Å². The number of rotatable bonds is 6. The summed E-state index contributed by atoms with van der Waals surface area (Å²) in [6.45, 7) is 0. The summed E-state index contributed by atoms with van der Waals surface area (Å²) in [7, 11) is 0. The molecular formula is C26H22N2O4. The van der Waals surface area contributed by atoms with E-state index < -0.39 is 24.0 Å². The molecule has 0 aromatic heterocycles. The zero-order chi connectivity index (χ0) is 22.5. The van der Waals surface area contributed by atoms with Crippen molar-refractivity contribution in [3.8, 4) is 0 Å². The Hall–Kier alpha value is -4.00. The first-order valence-electron chi connectivity index (χ1n) is 10.1. The van der Waals surface area contributed by atoms with Gasteiger partial charge in [-0.1, -0.05) is 84.9 Å². The Bertz CT molecular complexity index is 1140. The Kier molecular flexibility index (Phi) is 6.26. The molecule has 4 aromatic rings. The van der Waals surface area contributed by atoms with Gasteiger partial charge in [0.1, 0.15) is 0 Å². The molecule has 0 aliphatic rings. The van der Waals surface area contributed by atoms with E-state index in [1.807, 2.05) is 24.3 Å². The highest BCUT2D eigenvalue weighted by atomic mass is 16.3. The highest BCUT2D eigenvalue weighted by Gasteiger charge is 2.20. The Morgan fingerprint density at radius 3 is 1.28 bits per heavy atom. The second-order valence-electron chi connectivity index (χ2n) is 7.31. The zero-order valence-corrected chi connectivity index (χ0v) is 17.1. The zero-order valence-electron chi connectivity index (χ0n) is 17.1. The van der Waals surface area contributed by atoms with Crippen LogP contribution in [0.4, 0.5) is 11.4 Å². The number of hydrogen-bond donors (Lipinski definition) is 4. The molecule has 0 aliphatic heterocycles. The van der Waals surface area contributed by atoms with Crippen molar-refractivity contribution in [3.63, 3.8) is 0 Å². The quantitative estimate of drug-likeness (QED) is 0.372. The molecule has 0 saturated carbocycles. The second kappa shape index (κ2) is 9.43. The van der Waals surface area contributed by atoms with Crippen molar-refractivity contribution in [1.29, 1.82) is 0 Å². The van der Waals surface area contributed by atoms with Crippen molar-refractivity contribution in [1.82, 2.24) is 0 Å². The minimum atomic E-state index is -1.31. The van der Waals surface area contributed by atoms with Crippen molar-refractivity contribution in [2.45, 2.75) is 12.2 Å². The number of carbonyl (C=O) groups is 2. The van der Waals surface area contributed by atoms with E-state index in [-0.39, 0.29) is 0 Å². The van der Waals surface area contributed by atoms with Gasteiger partial charge in [-0.3, -0.25) is 9.59 Å². The van der Waals surface area contributed by atoms with Crippen molar-refractivity contribution in [2.24, 2.45) is 0 Å². The number of anilines is 2. The summed E-state index contributed by atoms with van der Waals surface area (Å²) in [5.41, 5.74) is 1.99. The van der Waals surface area contributed by atoms with Crippen molar-refractivity contribution in [2.75, 3.05) is 10.6 Å². The first kappa shape index (κ1) is 21.2. The van der Waals surface area contributed by atoms with Crippen LogP contribution in [0.15, 0.2) is 97.1 Å². The summed E-state index contributed by atoms with van der Waals surface area (Å²) >= 11 is 0. The summed E-state index contributed by atoms with van der Waals surface area (Å²) in [5.74, 6) is -1.12. The molecule has 0 fully saturated rings. The number of nitrogens with one attached hydrogen (secondary N) is 2. The molecule has 0 aliphatic carbocycles. The van der Waals surface area contributed by atoms with Crippen LogP contribution in [0, 0.1) is 0 Å². The fourth-order valence-electron chi connectivity index (χ4n) is 3.50. The Balaban J connectivity index is 1.57. The third kappa shape index (κ3) is 4.51. The molecule has 4 N–H and O–H groups in total. The number of hydrogen-bond acceptors (Lipinski definition) is 4. The molecule has 160 valence electrons. The SMILES string of the molecule is O=C(Nc1cccc2c(NC(=O)C(O)c3ccccc3)cccc12)C(O)c1ccccc1. The molecule has 32 heavy (non-hydrogen) atoms. The van der Waals surface area contributed by atoms with E-state index in [0.29, 0.717) is 33.3 Å². The molecule has 2 unspecified atom stereocenters. The normalized spacial score (nSPS) is 12.7. The number of aliphatic hydroxyl groups is 2. The maximum Gasteiger partial charge on any atom is 0.257 e. The standard InChI is InChI=1S/C26H22N2O4/c29-23(17-9-3-1-4-10-17)25(31)27-21-15-7-14-20-19(21)13-8-16-22(20)28-26(32)24(30)18-11-5-2-6-12-18/h1-16,23-24,29-30H,(H,27,31)(H,28,32). The fraction of sp³-hybridized carbons (Fsp3) is 0.0769. The Morgan fingerprint density at radius 2 is 0.906 bits per heavy atom. The first-order chi connectivity index (χ1) is 15.5. The molecule has 6 heteroatoms. The van der Waals surface area contributed by atoms with Gasteiger partial charge in [0.25, 0.3) is 11.8 Å². The predicted molar refractivity (Wildman–Crippen MR) is 124 cm³/mol. The van der Waals surface area contributed by atoms with Gasteiger partial charge >= 0.3 is 0 Å². The minimum Gasteiger partial charge on any atom is -0.378 e. The molecule has 0 saturated heterocycles. The van der Waals surface area contributed by atoms with Gasteiger partial charge in [-0.05, 0) is 23.3 Å². The summed E-state index contributed by atoms with van der Waals surface area (Å²) in [4.78, 5) is 25.2. The maximum absolute atomic E-state index is 12.6. The van der Waals surface area contributed by atoms with Crippen LogP contribution in [0.25, 0.3) is 10.8 Å². The number of fused-ring (bicyclic) bond motifs is 1. The molecular weight excluding hydrogens is 404 g/mol. The second-order valence-corrected chi connectivity index (χ2v) is 7.31. The molecule has 4 rings (SSSR count). The topological polar surface area (TPSA) is 98.7 Å². The number of aliphatic hydroxyl groups excluding tert-OH is 2. The monoisotopic (exact) mass is 426 g/mol. The van der Waals surface area contributed by atoms with Crippen LogP contribution in [-0.2, 0) is 9.59 Å². The van der Waals surface area contributed by atoms with Gasteiger partial charge in [0.2, 0.25) is 0 Å². The van der Waals surface area contributed by atoms with Crippen molar-refractivity contribution >= 4 is 34.0 Å². The van der Waals surface area contributed by atoms with Gasteiger partial charge in [-0.25, -0.2) is 0 Å². The predicted octanol–water partition coefficient (Wildman–Crippen LogP) is 4.18. The lowest BCUT2D eigenvalue weighted by atomic mass is 10.0. The average Bonchev–Trinajstić information content (AvgIpc) is 2.84. The van der Waals surface area contributed by atoms with Crippen LogP contribution >= 0.6 is 0 Å². The molecule has 2 atom stereocenters. The van der Waals surface area contributed by atoms with Crippen molar-refractivity contribution < 1.29 is 19.8 Å². The summed E-state index contributed by atoms with van der Waals surface area (Å²) in [5, 5.41) is 27.6. The van der Waals surface area contributed by atoms with Gasteiger partial charge in [0.15, 0.2) is 12.2 Å². The van der Waals surface area contributed by atoms with E-state index in [0.717, 1.165) is 0 Å². The van der Waals surface area contributed by atoms with Gasteiger partial charge in [-0.15, -0.1) is 0 Å². The van der Waals surface area contributed by atoms with E-state index in [4.69, 9.17) is 0 Å². The fourth-order valence-corrected chi connectivity index (χ4v) is 3.50.